The summed E-state index contributed by atoms with van der Waals surface area (Å²) in [5.74, 6) is 0.879. The Morgan fingerprint density at radius 1 is 1.35 bits per heavy atom. The van der Waals surface area contributed by atoms with Gasteiger partial charge in [0.25, 0.3) is 0 Å². The fraction of sp³-hybridized carbons (Fsp3) is 0.400. The molecule has 0 atom stereocenters. The third-order valence-corrected chi connectivity index (χ3v) is 3.57. The molecule has 0 radical (unpaired) electrons. The van der Waals surface area contributed by atoms with Crippen LogP contribution in [0.1, 0.15) is 17.7 Å². The quantitative estimate of drug-likeness (QED) is 0.808. The van der Waals surface area contributed by atoms with Crippen molar-refractivity contribution in [3.05, 3.63) is 40.1 Å². The number of aromatic nitrogens is 2. The number of halogens is 1. The smallest absolute Gasteiger partial charge is 0.207 e. The topological polar surface area (TPSA) is 39.1 Å². The van der Waals surface area contributed by atoms with Gasteiger partial charge >= 0.3 is 0 Å². The fourth-order valence-electron chi connectivity index (χ4n) is 2.08. The number of nitrogens with zero attached hydrogens (tertiary/aromatic N) is 2. The van der Waals surface area contributed by atoms with Crippen molar-refractivity contribution < 1.29 is 4.74 Å². The van der Waals surface area contributed by atoms with Crippen molar-refractivity contribution in [2.45, 2.75) is 26.8 Å². The molecule has 1 aromatic carbocycles. The molecule has 0 aliphatic rings. The first-order valence-electron chi connectivity index (χ1n) is 6.66. The molecule has 0 aliphatic carbocycles. The average molecular weight is 338 g/mol. The van der Waals surface area contributed by atoms with Gasteiger partial charge in [0.2, 0.25) is 5.95 Å². The molecule has 0 bridgehead atoms. The summed E-state index contributed by atoms with van der Waals surface area (Å²) in [6.07, 6.45) is 3.03. The van der Waals surface area contributed by atoms with Gasteiger partial charge in [-0.1, -0.05) is 15.9 Å². The van der Waals surface area contributed by atoms with E-state index in [2.05, 4.69) is 56.1 Å². The third-order valence-electron chi connectivity index (χ3n) is 3.08. The Morgan fingerprint density at radius 2 is 2.15 bits per heavy atom. The molecule has 0 saturated carbocycles. The molecule has 4 nitrogen and oxygen atoms in total. The van der Waals surface area contributed by atoms with E-state index >= 15 is 0 Å². The maximum absolute atomic E-state index is 5.10. The van der Waals surface area contributed by atoms with Crippen LogP contribution in [0.5, 0.6) is 0 Å². The number of aryl methyl sites for hydroxylation is 3. The van der Waals surface area contributed by atoms with Gasteiger partial charge in [-0.2, -0.15) is 0 Å². The van der Waals surface area contributed by atoms with Gasteiger partial charge in [0.15, 0.2) is 0 Å². The molecule has 1 aromatic heterocycles. The van der Waals surface area contributed by atoms with Gasteiger partial charge in [0.1, 0.15) is 0 Å². The second-order valence-electron chi connectivity index (χ2n) is 4.83. The van der Waals surface area contributed by atoms with Gasteiger partial charge in [0, 0.05) is 36.6 Å². The van der Waals surface area contributed by atoms with E-state index in [9.17, 15) is 0 Å². The van der Waals surface area contributed by atoms with E-state index in [0.29, 0.717) is 0 Å². The van der Waals surface area contributed by atoms with Crippen LogP contribution in [0.25, 0.3) is 0 Å². The highest BCUT2D eigenvalue weighted by atomic mass is 79.9. The van der Waals surface area contributed by atoms with Crippen molar-refractivity contribution in [2.24, 2.45) is 0 Å². The van der Waals surface area contributed by atoms with Crippen LogP contribution in [0, 0.1) is 13.8 Å². The van der Waals surface area contributed by atoms with Gasteiger partial charge in [0.05, 0.1) is 5.69 Å². The van der Waals surface area contributed by atoms with Gasteiger partial charge in [-0.15, -0.1) is 0 Å². The molecule has 1 N–H and O–H groups in total. The number of ether oxygens (including phenoxy) is 1. The minimum atomic E-state index is 0.758. The van der Waals surface area contributed by atoms with Crippen molar-refractivity contribution in [2.75, 3.05) is 19.0 Å². The Hall–Kier alpha value is -1.33. The summed E-state index contributed by atoms with van der Waals surface area (Å²) >= 11 is 3.48. The molecule has 1 heterocycles. The summed E-state index contributed by atoms with van der Waals surface area (Å²) < 4.78 is 8.32. The van der Waals surface area contributed by atoms with Crippen LogP contribution in [0.4, 0.5) is 11.6 Å². The number of hydrogen-bond acceptors (Lipinski definition) is 3. The summed E-state index contributed by atoms with van der Waals surface area (Å²) in [6.45, 7) is 5.74. The van der Waals surface area contributed by atoms with Crippen molar-refractivity contribution in [1.82, 2.24) is 9.55 Å². The minimum Gasteiger partial charge on any atom is -0.385 e. The maximum Gasteiger partial charge on any atom is 0.207 e. The van der Waals surface area contributed by atoms with Crippen LogP contribution in [-0.2, 0) is 11.3 Å². The zero-order chi connectivity index (χ0) is 14.5. The van der Waals surface area contributed by atoms with Crippen LogP contribution >= 0.6 is 15.9 Å². The molecule has 0 saturated heterocycles. The number of imidazole rings is 1. The lowest BCUT2D eigenvalue weighted by Crippen LogP contribution is -2.05. The second kappa shape index (κ2) is 6.90. The van der Waals surface area contributed by atoms with E-state index in [1.807, 2.05) is 13.0 Å². The largest absolute Gasteiger partial charge is 0.385 e. The molecule has 0 unspecified atom stereocenters. The maximum atomic E-state index is 5.10. The number of nitrogens with one attached hydrogen (secondary N) is 1. The molecular weight excluding hydrogens is 318 g/mol. The number of rotatable bonds is 6. The minimum absolute atomic E-state index is 0.758. The van der Waals surface area contributed by atoms with Crippen molar-refractivity contribution in [3.8, 4) is 0 Å². The third kappa shape index (κ3) is 3.84. The SMILES string of the molecule is COCCCn1cc(C)nc1Nc1ccc(Br)cc1C. The standard InChI is InChI=1S/C15H20BrN3O/c1-11-9-13(16)5-6-14(11)18-15-17-12(2)10-19(15)7-4-8-20-3/h5-6,9-10H,4,7-8H2,1-3H3,(H,17,18). The highest BCUT2D eigenvalue weighted by Gasteiger charge is 2.07. The van der Waals surface area contributed by atoms with E-state index in [1.54, 1.807) is 7.11 Å². The number of anilines is 2. The lowest BCUT2D eigenvalue weighted by atomic mass is 10.2. The van der Waals surface area contributed by atoms with Crippen LogP contribution in [-0.4, -0.2) is 23.3 Å². The molecule has 20 heavy (non-hydrogen) atoms. The lowest BCUT2D eigenvalue weighted by molar-refractivity contribution is 0.190. The highest BCUT2D eigenvalue weighted by Crippen LogP contribution is 2.23. The first kappa shape index (κ1) is 15.1. The summed E-state index contributed by atoms with van der Waals surface area (Å²) in [6, 6.07) is 6.18. The number of hydrogen-bond donors (Lipinski definition) is 1. The molecule has 108 valence electrons. The zero-order valence-corrected chi connectivity index (χ0v) is 13.7. The monoisotopic (exact) mass is 337 g/mol. The van der Waals surface area contributed by atoms with E-state index in [4.69, 9.17) is 4.74 Å². The fourth-order valence-corrected chi connectivity index (χ4v) is 2.56. The van der Waals surface area contributed by atoms with Gasteiger partial charge in [-0.25, -0.2) is 4.98 Å². The van der Waals surface area contributed by atoms with Crippen molar-refractivity contribution in [3.63, 3.8) is 0 Å². The van der Waals surface area contributed by atoms with E-state index in [0.717, 1.165) is 41.4 Å². The lowest BCUT2D eigenvalue weighted by Gasteiger charge is -2.11. The van der Waals surface area contributed by atoms with Gasteiger partial charge in [-0.05, 0) is 44.0 Å². The molecule has 0 spiro atoms. The molecule has 2 rings (SSSR count). The van der Waals surface area contributed by atoms with Crippen LogP contribution in [0.15, 0.2) is 28.9 Å². The van der Waals surface area contributed by atoms with Crippen LogP contribution in [0.2, 0.25) is 0 Å². The van der Waals surface area contributed by atoms with E-state index in [-0.39, 0.29) is 0 Å². The Bertz CT molecular complexity index is 580. The van der Waals surface area contributed by atoms with E-state index in [1.165, 1.54) is 5.56 Å². The van der Waals surface area contributed by atoms with Gasteiger partial charge in [-0.3, -0.25) is 0 Å². The van der Waals surface area contributed by atoms with Crippen LogP contribution < -0.4 is 5.32 Å². The number of methoxy groups -OCH3 is 1. The normalized spacial score (nSPS) is 10.8. The average Bonchev–Trinajstić information content (AvgIpc) is 2.73. The Balaban J connectivity index is 2.15. The molecule has 5 heteroatoms. The number of benzene rings is 1. The molecular formula is C15H20BrN3O. The summed E-state index contributed by atoms with van der Waals surface area (Å²) in [5.41, 5.74) is 3.27. The first-order chi connectivity index (χ1) is 9.60. The zero-order valence-electron chi connectivity index (χ0n) is 12.1. The molecule has 0 amide bonds. The van der Waals surface area contributed by atoms with Gasteiger partial charge < -0.3 is 14.6 Å². The summed E-state index contributed by atoms with van der Waals surface area (Å²) in [5, 5.41) is 3.41. The van der Waals surface area contributed by atoms with E-state index < -0.39 is 0 Å². The Labute approximate surface area is 128 Å². The van der Waals surface area contributed by atoms with Crippen molar-refractivity contribution in [1.29, 1.82) is 0 Å². The Kier molecular flexibility index (Phi) is 5.20. The predicted octanol–water partition coefficient (Wildman–Crippen LogP) is 4.04. The van der Waals surface area contributed by atoms with Crippen molar-refractivity contribution >= 4 is 27.6 Å². The molecule has 0 fully saturated rings. The molecule has 2 aromatic rings. The predicted molar refractivity (Wildman–Crippen MR) is 85.6 cm³/mol. The highest BCUT2D eigenvalue weighted by molar-refractivity contribution is 9.10. The Morgan fingerprint density at radius 3 is 2.85 bits per heavy atom. The summed E-state index contributed by atoms with van der Waals surface area (Å²) in [7, 11) is 1.73. The first-order valence-corrected chi connectivity index (χ1v) is 7.45. The molecule has 0 aliphatic heterocycles. The van der Waals surface area contributed by atoms with Crippen LogP contribution in [0.3, 0.4) is 0 Å². The summed E-state index contributed by atoms with van der Waals surface area (Å²) in [4.78, 5) is 4.55. The second-order valence-corrected chi connectivity index (χ2v) is 5.75.